The van der Waals surface area contributed by atoms with Gasteiger partial charge in [0.05, 0.1) is 5.69 Å². The fourth-order valence-corrected chi connectivity index (χ4v) is 2.29. The molecule has 3 rings (SSSR count). The highest BCUT2D eigenvalue weighted by Gasteiger charge is 2.10. The molecule has 94 valence electrons. The van der Waals surface area contributed by atoms with Gasteiger partial charge in [0.2, 0.25) is 0 Å². The normalized spacial score (nSPS) is 10.9. The zero-order chi connectivity index (χ0) is 13.4. The molecule has 0 N–H and O–H groups in total. The maximum Gasteiger partial charge on any atom is 0.152 e. The van der Waals surface area contributed by atoms with Crippen LogP contribution < -0.4 is 0 Å². The number of hydrogen-bond acceptors (Lipinski definition) is 1. The van der Waals surface area contributed by atoms with E-state index in [-0.39, 0.29) is 5.82 Å². The van der Waals surface area contributed by atoms with Crippen LogP contribution >= 0.6 is 0 Å². The molecule has 0 radical (unpaired) electrons. The molecule has 0 atom stereocenters. The van der Waals surface area contributed by atoms with E-state index in [1.165, 1.54) is 0 Å². The molecule has 0 bridgehead atoms. The number of benzene rings is 2. The number of aryl methyl sites for hydroxylation is 2. The Morgan fingerprint density at radius 1 is 0.895 bits per heavy atom. The molecule has 0 aliphatic carbocycles. The van der Waals surface area contributed by atoms with E-state index in [0.717, 1.165) is 22.2 Å². The van der Waals surface area contributed by atoms with Gasteiger partial charge in [0.1, 0.15) is 5.52 Å². The van der Waals surface area contributed by atoms with Gasteiger partial charge in [-0.05, 0) is 31.0 Å². The minimum absolute atomic E-state index is 0.224. The van der Waals surface area contributed by atoms with Crippen LogP contribution in [-0.4, -0.2) is 4.98 Å². The van der Waals surface area contributed by atoms with Crippen molar-refractivity contribution in [2.24, 2.45) is 0 Å². The van der Waals surface area contributed by atoms with E-state index in [2.05, 4.69) is 4.98 Å². The van der Waals surface area contributed by atoms with Crippen molar-refractivity contribution in [3.8, 4) is 11.3 Å². The SMILES string of the molecule is Cc1ccc2c(C)cc(-c3ccccc3)nc2c1F. The lowest BCUT2D eigenvalue weighted by Gasteiger charge is -2.08. The molecule has 2 heteroatoms. The predicted octanol–water partition coefficient (Wildman–Crippen LogP) is 4.66. The number of nitrogens with zero attached hydrogens (tertiary/aromatic N) is 1. The zero-order valence-electron chi connectivity index (χ0n) is 10.9. The fraction of sp³-hybridized carbons (Fsp3) is 0.118. The molecule has 0 unspecified atom stereocenters. The standard InChI is InChI=1S/C17H14FN/c1-11-8-9-14-12(2)10-15(19-17(14)16(11)18)13-6-4-3-5-7-13/h3-10H,1-2H3. The lowest BCUT2D eigenvalue weighted by Crippen LogP contribution is -1.93. The summed E-state index contributed by atoms with van der Waals surface area (Å²) >= 11 is 0. The van der Waals surface area contributed by atoms with E-state index in [4.69, 9.17) is 0 Å². The molecule has 0 fully saturated rings. The summed E-state index contributed by atoms with van der Waals surface area (Å²) < 4.78 is 14.2. The molecule has 19 heavy (non-hydrogen) atoms. The van der Waals surface area contributed by atoms with Crippen LogP contribution in [0.2, 0.25) is 0 Å². The first-order chi connectivity index (χ1) is 9.16. The highest BCUT2D eigenvalue weighted by atomic mass is 19.1. The van der Waals surface area contributed by atoms with Gasteiger partial charge in [0.25, 0.3) is 0 Å². The third kappa shape index (κ3) is 1.99. The van der Waals surface area contributed by atoms with Gasteiger partial charge >= 0.3 is 0 Å². The molecule has 1 aromatic heterocycles. The molecule has 3 aromatic rings. The fourth-order valence-electron chi connectivity index (χ4n) is 2.29. The third-order valence-electron chi connectivity index (χ3n) is 3.39. The van der Waals surface area contributed by atoms with Crippen LogP contribution in [0.5, 0.6) is 0 Å². The van der Waals surface area contributed by atoms with Crippen molar-refractivity contribution >= 4 is 10.9 Å². The van der Waals surface area contributed by atoms with Gasteiger partial charge in [0, 0.05) is 10.9 Å². The minimum Gasteiger partial charge on any atom is -0.245 e. The summed E-state index contributed by atoms with van der Waals surface area (Å²) in [7, 11) is 0. The summed E-state index contributed by atoms with van der Waals surface area (Å²) in [6.07, 6.45) is 0. The van der Waals surface area contributed by atoms with Crippen LogP contribution in [0, 0.1) is 19.7 Å². The lowest BCUT2D eigenvalue weighted by molar-refractivity contribution is 0.627. The van der Waals surface area contributed by atoms with Crippen LogP contribution in [0.15, 0.2) is 48.5 Å². The molecule has 0 saturated heterocycles. The molecule has 0 aliphatic rings. The van der Waals surface area contributed by atoms with Crippen LogP contribution in [0.25, 0.3) is 22.2 Å². The molecule has 0 aliphatic heterocycles. The van der Waals surface area contributed by atoms with Gasteiger partial charge in [0.15, 0.2) is 5.82 Å². The summed E-state index contributed by atoms with van der Waals surface area (Å²) in [5, 5.41) is 0.878. The minimum atomic E-state index is -0.224. The van der Waals surface area contributed by atoms with Crippen molar-refractivity contribution in [2.45, 2.75) is 13.8 Å². The van der Waals surface area contributed by atoms with Crippen molar-refractivity contribution in [3.05, 3.63) is 65.5 Å². The molecule has 2 aromatic carbocycles. The van der Waals surface area contributed by atoms with E-state index in [1.54, 1.807) is 13.0 Å². The Hall–Kier alpha value is -2.22. The molecule has 1 heterocycles. The number of hydrogen-bond donors (Lipinski definition) is 0. The number of rotatable bonds is 1. The molecule has 0 amide bonds. The van der Waals surface area contributed by atoms with Gasteiger partial charge in [-0.1, -0.05) is 42.5 Å². The van der Waals surface area contributed by atoms with Crippen molar-refractivity contribution in [2.75, 3.05) is 0 Å². The van der Waals surface area contributed by atoms with Crippen LogP contribution in [0.1, 0.15) is 11.1 Å². The van der Waals surface area contributed by atoms with E-state index in [0.29, 0.717) is 11.1 Å². The predicted molar refractivity (Wildman–Crippen MR) is 76.6 cm³/mol. The quantitative estimate of drug-likeness (QED) is 0.613. The first-order valence-electron chi connectivity index (χ1n) is 6.28. The maximum absolute atomic E-state index is 14.2. The number of fused-ring (bicyclic) bond motifs is 1. The largest absolute Gasteiger partial charge is 0.245 e. The van der Waals surface area contributed by atoms with Gasteiger partial charge in [-0.25, -0.2) is 9.37 Å². The Morgan fingerprint density at radius 2 is 1.63 bits per heavy atom. The van der Waals surface area contributed by atoms with Gasteiger partial charge in [-0.3, -0.25) is 0 Å². The first-order valence-corrected chi connectivity index (χ1v) is 6.28. The topological polar surface area (TPSA) is 12.9 Å². The van der Waals surface area contributed by atoms with E-state index in [1.807, 2.05) is 49.4 Å². The Balaban J connectivity index is 2.32. The summed E-state index contributed by atoms with van der Waals surface area (Å²) in [5.74, 6) is -0.224. The molecule has 1 nitrogen and oxygen atoms in total. The maximum atomic E-state index is 14.2. The Labute approximate surface area is 111 Å². The second-order valence-electron chi connectivity index (χ2n) is 4.78. The number of pyridine rings is 1. The summed E-state index contributed by atoms with van der Waals surface area (Å²) in [4.78, 5) is 4.49. The molecular formula is C17H14FN. The van der Waals surface area contributed by atoms with E-state index >= 15 is 0 Å². The smallest absolute Gasteiger partial charge is 0.152 e. The zero-order valence-corrected chi connectivity index (χ0v) is 10.9. The molecular weight excluding hydrogens is 237 g/mol. The van der Waals surface area contributed by atoms with Crippen molar-refractivity contribution < 1.29 is 4.39 Å². The van der Waals surface area contributed by atoms with Gasteiger partial charge in [-0.15, -0.1) is 0 Å². The third-order valence-corrected chi connectivity index (χ3v) is 3.39. The van der Waals surface area contributed by atoms with Crippen molar-refractivity contribution in [1.82, 2.24) is 4.98 Å². The summed E-state index contributed by atoms with van der Waals surface area (Å²) in [6, 6.07) is 15.6. The Morgan fingerprint density at radius 3 is 2.37 bits per heavy atom. The Kier molecular flexibility index (Phi) is 2.79. The molecule has 0 spiro atoms. The first kappa shape index (κ1) is 11.8. The average molecular weight is 251 g/mol. The van der Waals surface area contributed by atoms with Crippen molar-refractivity contribution in [3.63, 3.8) is 0 Å². The molecule has 0 saturated carbocycles. The summed E-state index contributed by atoms with van der Waals surface area (Å²) in [6.45, 7) is 3.76. The highest BCUT2D eigenvalue weighted by Crippen LogP contribution is 2.27. The second kappa shape index (κ2) is 4.47. The van der Waals surface area contributed by atoms with Crippen LogP contribution in [0.4, 0.5) is 4.39 Å². The second-order valence-corrected chi connectivity index (χ2v) is 4.78. The van der Waals surface area contributed by atoms with Gasteiger partial charge in [-0.2, -0.15) is 0 Å². The van der Waals surface area contributed by atoms with E-state index in [9.17, 15) is 4.39 Å². The number of aromatic nitrogens is 1. The van der Waals surface area contributed by atoms with Crippen molar-refractivity contribution in [1.29, 1.82) is 0 Å². The summed E-state index contributed by atoms with van der Waals surface area (Å²) in [5.41, 5.74) is 3.95. The van der Waals surface area contributed by atoms with Gasteiger partial charge < -0.3 is 0 Å². The monoisotopic (exact) mass is 251 g/mol. The lowest BCUT2D eigenvalue weighted by atomic mass is 10.0. The number of halogens is 1. The van der Waals surface area contributed by atoms with Crippen LogP contribution in [0.3, 0.4) is 0 Å². The average Bonchev–Trinajstić information content (AvgIpc) is 2.44. The van der Waals surface area contributed by atoms with Crippen LogP contribution in [-0.2, 0) is 0 Å². The van der Waals surface area contributed by atoms with E-state index < -0.39 is 0 Å². The highest BCUT2D eigenvalue weighted by molar-refractivity contribution is 5.86. The Bertz CT molecular complexity index is 748.